The molecule has 2 aromatic rings. The normalized spacial score (nSPS) is 11.1. The van der Waals surface area contributed by atoms with E-state index in [-0.39, 0.29) is 0 Å². The van der Waals surface area contributed by atoms with Crippen molar-refractivity contribution in [2.24, 2.45) is 0 Å². The highest BCUT2D eigenvalue weighted by atomic mass is 32.1. The van der Waals surface area contributed by atoms with Crippen molar-refractivity contribution < 1.29 is 0 Å². The van der Waals surface area contributed by atoms with Crippen molar-refractivity contribution in [1.29, 1.82) is 0 Å². The number of thiol groups is 1. The summed E-state index contributed by atoms with van der Waals surface area (Å²) in [6, 6.07) is 6.49. The molecular weight excluding hydrogens is 360 g/mol. The second kappa shape index (κ2) is 13.8. The Labute approximate surface area is 178 Å². The number of aryl methyl sites for hydroxylation is 2. The van der Waals surface area contributed by atoms with Crippen LogP contribution < -0.4 is 0 Å². The molecule has 0 radical (unpaired) electrons. The molecule has 1 aromatic carbocycles. The van der Waals surface area contributed by atoms with Gasteiger partial charge < -0.3 is 0 Å². The van der Waals surface area contributed by atoms with Gasteiger partial charge in [0.15, 0.2) is 5.82 Å². The van der Waals surface area contributed by atoms with Gasteiger partial charge in [0, 0.05) is 22.9 Å². The number of hydrogen-bond donors (Lipinski definition) is 1. The maximum Gasteiger partial charge on any atom is 0.160 e. The second-order valence-electron chi connectivity index (χ2n) is 7.95. The predicted octanol–water partition coefficient (Wildman–Crippen LogP) is 7.85. The lowest BCUT2D eigenvalue weighted by atomic mass is 10.0. The minimum absolute atomic E-state index is 0.782. The predicted molar refractivity (Wildman–Crippen MR) is 124 cm³/mol. The summed E-state index contributed by atoms with van der Waals surface area (Å²) >= 11 is 4.68. The van der Waals surface area contributed by atoms with Crippen LogP contribution in [0.1, 0.15) is 95.6 Å². The van der Waals surface area contributed by atoms with Gasteiger partial charge >= 0.3 is 0 Å². The summed E-state index contributed by atoms with van der Waals surface area (Å²) in [5.41, 5.74) is 3.63. The number of aromatic nitrogens is 2. The summed E-state index contributed by atoms with van der Waals surface area (Å²) in [6.45, 7) is 4.51. The highest BCUT2D eigenvalue weighted by molar-refractivity contribution is 7.80. The molecule has 154 valence electrons. The third-order valence-electron chi connectivity index (χ3n) is 5.40. The van der Waals surface area contributed by atoms with Crippen molar-refractivity contribution in [2.75, 3.05) is 0 Å². The molecular formula is C25H38N2S. The van der Waals surface area contributed by atoms with Gasteiger partial charge in [-0.1, -0.05) is 77.7 Å². The second-order valence-corrected chi connectivity index (χ2v) is 8.43. The summed E-state index contributed by atoms with van der Waals surface area (Å²) in [6.07, 6.45) is 20.8. The number of unbranched alkanes of at least 4 members (excludes halogenated alkanes) is 9. The summed E-state index contributed by atoms with van der Waals surface area (Å²) in [7, 11) is 0. The van der Waals surface area contributed by atoms with Gasteiger partial charge in [0.1, 0.15) is 0 Å². The molecule has 0 unspecified atom stereocenters. The molecule has 0 spiro atoms. The third kappa shape index (κ3) is 8.34. The van der Waals surface area contributed by atoms with Gasteiger partial charge in [0.05, 0.1) is 0 Å². The standard InChI is InChI=1S/C25H38N2S/c1-3-5-7-8-9-10-11-13-15-22-19-26-25(27-20-22)23-17-16-21(18-24(23)28)14-12-6-4-2/h16-20,28H,3-15H2,1-2H3. The fourth-order valence-electron chi connectivity index (χ4n) is 3.59. The van der Waals surface area contributed by atoms with E-state index in [0.717, 1.165) is 29.1 Å². The topological polar surface area (TPSA) is 25.8 Å². The highest BCUT2D eigenvalue weighted by Gasteiger charge is 2.07. The van der Waals surface area contributed by atoms with Gasteiger partial charge in [-0.25, -0.2) is 9.97 Å². The molecule has 3 heteroatoms. The molecule has 0 saturated carbocycles. The smallest absolute Gasteiger partial charge is 0.160 e. The molecule has 0 aliphatic rings. The molecule has 2 nitrogen and oxygen atoms in total. The van der Waals surface area contributed by atoms with Crippen molar-refractivity contribution in [3.63, 3.8) is 0 Å². The van der Waals surface area contributed by atoms with Crippen LogP contribution in [0.3, 0.4) is 0 Å². The molecule has 0 aliphatic carbocycles. The molecule has 0 fully saturated rings. The van der Waals surface area contributed by atoms with E-state index in [1.807, 2.05) is 12.4 Å². The average Bonchev–Trinajstić information content (AvgIpc) is 2.71. The van der Waals surface area contributed by atoms with E-state index in [0.29, 0.717) is 0 Å². The van der Waals surface area contributed by atoms with Crippen molar-refractivity contribution >= 4 is 12.6 Å². The van der Waals surface area contributed by atoms with Crippen LogP contribution in [0.25, 0.3) is 11.4 Å². The Morgan fingerprint density at radius 1 is 0.679 bits per heavy atom. The van der Waals surface area contributed by atoms with Crippen molar-refractivity contribution in [3.05, 3.63) is 41.7 Å². The number of hydrogen-bond acceptors (Lipinski definition) is 3. The first-order valence-corrected chi connectivity index (χ1v) is 11.8. The Hall–Kier alpha value is -1.35. The lowest BCUT2D eigenvalue weighted by molar-refractivity contribution is 0.575. The van der Waals surface area contributed by atoms with Crippen LogP contribution in [-0.4, -0.2) is 9.97 Å². The first kappa shape index (κ1) is 22.9. The molecule has 28 heavy (non-hydrogen) atoms. The van der Waals surface area contributed by atoms with Crippen LogP contribution >= 0.6 is 12.6 Å². The molecule has 1 aromatic heterocycles. The van der Waals surface area contributed by atoms with Crippen molar-refractivity contribution in [2.45, 2.75) is 102 Å². The molecule has 0 N–H and O–H groups in total. The van der Waals surface area contributed by atoms with E-state index >= 15 is 0 Å². The molecule has 0 saturated heterocycles. The molecule has 2 rings (SSSR count). The minimum atomic E-state index is 0.782. The number of nitrogens with zero attached hydrogens (tertiary/aromatic N) is 2. The SMILES string of the molecule is CCCCCCCCCCc1cnc(-c2ccc(CCCCC)cc2S)nc1. The molecule has 0 atom stereocenters. The Bertz CT molecular complexity index is 667. The molecule has 0 amide bonds. The fourth-order valence-corrected chi connectivity index (χ4v) is 3.93. The van der Waals surface area contributed by atoms with Crippen LogP contribution in [0, 0.1) is 0 Å². The van der Waals surface area contributed by atoms with Gasteiger partial charge in [-0.05, 0) is 48.9 Å². The Morgan fingerprint density at radius 3 is 1.86 bits per heavy atom. The Morgan fingerprint density at radius 2 is 1.21 bits per heavy atom. The van der Waals surface area contributed by atoms with Crippen molar-refractivity contribution in [3.8, 4) is 11.4 Å². The van der Waals surface area contributed by atoms with E-state index in [1.54, 1.807) is 0 Å². The Kier molecular flexibility index (Phi) is 11.3. The van der Waals surface area contributed by atoms with E-state index < -0.39 is 0 Å². The van der Waals surface area contributed by atoms with Crippen LogP contribution in [-0.2, 0) is 12.8 Å². The quantitative estimate of drug-likeness (QED) is 0.259. The van der Waals surface area contributed by atoms with Crippen LogP contribution in [0.15, 0.2) is 35.5 Å². The average molecular weight is 399 g/mol. The zero-order valence-corrected chi connectivity index (χ0v) is 18.8. The monoisotopic (exact) mass is 398 g/mol. The zero-order chi connectivity index (χ0) is 20.0. The summed E-state index contributed by atoms with van der Waals surface area (Å²) < 4.78 is 0. The van der Waals surface area contributed by atoms with Crippen LogP contribution in [0.2, 0.25) is 0 Å². The van der Waals surface area contributed by atoms with E-state index in [9.17, 15) is 0 Å². The van der Waals surface area contributed by atoms with E-state index in [1.165, 1.54) is 81.8 Å². The summed E-state index contributed by atoms with van der Waals surface area (Å²) in [5, 5.41) is 0. The zero-order valence-electron chi connectivity index (χ0n) is 17.9. The van der Waals surface area contributed by atoms with Gasteiger partial charge in [-0.15, -0.1) is 12.6 Å². The van der Waals surface area contributed by atoms with Gasteiger partial charge in [-0.3, -0.25) is 0 Å². The molecule has 0 bridgehead atoms. The molecule has 0 aliphatic heterocycles. The van der Waals surface area contributed by atoms with E-state index in [2.05, 4.69) is 54.6 Å². The summed E-state index contributed by atoms with van der Waals surface area (Å²) in [5.74, 6) is 0.782. The number of rotatable bonds is 14. The first-order chi connectivity index (χ1) is 13.7. The Balaban J connectivity index is 1.77. The van der Waals surface area contributed by atoms with Crippen LogP contribution in [0.5, 0.6) is 0 Å². The largest absolute Gasteiger partial charge is 0.236 e. The third-order valence-corrected chi connectivity index (χ3v) is 5.77. The lowest BCUT2D eigenvalue weighted by Crippen LogP contribution is -1.95. The highest BCUT2D eigenvalue weighted by Crippen LogP contribution is 2.25. The maximum absolute atomic E-state index is 4.68. The van der Waals surface area contributed by atoms with Crippen LogP contribution in [0.4, 0.5) is 0 Å². The maximum atomic E-state index is 4.68. The molecule has 1 heterocycles. The first-order valence-electron chi connectivity index (χ1n) is 11.4. The van der Waals surface area contributed by atoms with Gasteiger partial charge in [0.2, 0.25) is 0 Å². The van der Waals surface area contributed by atoms with Gasteiger partial charge in [-0.2, -0.15) is 0 Å². The fraction of sp³-hybridized carbons (Fsp3) is 0.600. The van der Waals surface area contributed by atoms with Crippen molar-refractivity contribution in [1.82, 2.24) is 9.97 Å². The lowest BCUT2D eigenvalue weighted by Gasteiger charge is -2.08. The van der Waals surface area contributed by atoms with Gasteiger partial charge in [0.25, 0.3) is 0 Å². The van der Waals surface area contributed by atoms with E-state index in [4.69, 9.17) is 0 Å². The minimum Gasteiger partial charge on any atom is -0.236 e. The number of benzene rings is 1. The summed E-state index contributed by atoms with van der Waals surface area (Å²) in [4.78, 5) is 10.2.